The minimum Gasteiger partial charge on any atom is -0.484 e. The molecule has 1 aromatic heterocycles. The maximum absolute atomic E-state index is 13.0. The second-order valence-corrected chi connectivity index (χ2v) is 5.56. The number of carbonyl (C=O) groups excluding carboxylic acids is 1. The number of benzene rings is 2. The lowest BCUT2D eigenvalue weighted by molar-refractivity contribution is -0.123. The Kier molecular flexibility index (Phi) is 5.09. The van der Waals surface area contributed by atoms with Gasteiger partial charge in [-0.2, -0.15) is 0 Å². The van der Waals surface area contributed by atoms with Crippen molar-refractivity contribution in [2.75, 3.05) is 13.2 Å². The van der Waals surface area contributed by atoms with Crippen LogP contribution < -0.4 is 15.6 Å². The second-order valence-electron chi connectivity index (χ2n) is 5.56. The van der Waals surface area contributed by atoms with Gasteiger partial charge in [0.05, 0.1) is 0 Å². The van der Waals surface area contributed by atoms with Crippen LogP contribution in [-0.2, 0) is 11.2 Å². The van der Waals surface area contributed by atoms with Crippen molar-refractivity contribution < 1.29 is 13.9 Å². The molecule has 1 amide bonds. The molecule has 0 bridgehead atoms. The molecule has 0 radical (unpaired) electrons. The fourth-order valence-electron chi connectivity index (χ4n) is 2.47. The molecule has 0 spiro atoms. The highest BCUT2D eigenvalue weighted by molar-refractivity contribution is 5.79. The Morgan fingerprint density at radius 2 is 1.96 bits per heavy atom. The molecule has 0 fully saturated rings. The average Bonchev–Trinajstić information content (AvgIpc) is 2.60. The third-order valence-corrected chi connectivity index (χ3v) is 3.71. The summed E-state index contributed by atoms with van der Waals surface area (Å²) in [6.07, 6.45) is 0.409. The van der Waals surface area contributed by atoms with Gasteiger partial charge in [0, 0.05) is 23.7 Å². The zero-order chi connectivity index (χ0) is 17.6. The van der Waals surface area contributed by atoms with Crippen molar-refractivity contribution in [1.29, 1.82) is 0 Å². The Bertz CT molecular complexity index is 953. The van der Waals surface area contributed by atoms with Crippen LogP contribution in [0, 0.1) is 5.82 Å². The molecular formula is C19H17FN2O3. The van der Waals surface area contributed by atoms with Crippen molar-refractivity contribution in [2.45, 2.75) is 6.42 Å². The van der Waals surface area contributed by atoms with Gasteiger partial charge in [-0.25, -0.2) is 4.39 Å². The number of fused-ring (bicyclic) bond motifs is 1. The first-order valence-electron chi connectivity index (χ1n) is 7.88. The number of hydrogen-bond acceptors (Lipinski definition) is 3. The van der Waals surface area contributed by atoms with Crippen LogP contribution in [0.5, 0.6) is 5.75 Å². The van der Waals surface area contributed by atoms with E-state index in [1.54, 1.807) is 6.07 Å². The number of halogens is 1. The maximum atomic E-state index is 13.0. The van der Waals surface area contributed by atoms with Crippen molar-refractivity contribution >= 4 is 16.8 Å². The zero-order valence-electron chi connectivity index (χ0n) is 13.4. The van der Waals surface area contributed by atoms with Crippen molar-refractivity contribution in [3.05, 3.63) is 76.3 Å². The lowest BCUT2D eigenvalue weighted by Gasteiger charge is -2.08. The summed E-state index contributed by atoms with van der Waals surface area (Å²) in [5, 5.41) is 3.62. The highest BCUT2D eigenvalue weighted by Gasteiger charge is 2.06. The van der Waals surface area contributed by atoms with Gasteiger partial charge in [0.1, 0.15) is 11.6 Å². The van der Waals surface area contributed by atoms with Crippen LogP contribution in [0.3, 0.4) is 0 Å². The van der Waals surface area contributed by atoms with E-state index in [1.807, 2.05) is 30.3 Å². The molecule has 6 heteroatoms. The summed E-state index contributed by atoms with van der Waals surface area (Å²) in [6.45, 7) is 0.101. The van der Waals surface area contributed by atoms with Gasteiger partial charge < -0.3 is 15.0 Å². The Hall–Kier alpha value is -3.15. The Morgan fingerprint density at radius 3 is 2.80 bits per heavy atom. The van der Waals surface area contributed by atoms with Gasteiger partial charge in [0.15, 0.2) is 6.61 Å². The number of aromatic amines is 1. The van der Waals surface area contributed by atoms with E-state index in [0.29, 0.717) is 24.3 Å². The van der Waals surface area contributed by atoms with Crippen molar-refractivity contribution in [2.24, 2.45) is 0 Å². The lowest BCUT2D eigenvalue weighted by atomic mass is 10.1. The van der Waals surface area contributed by atoms with Gasteiger partial charge in [0.25, 0.3) is 11.5 Å². The number of aromatic nitrogens is 1. The molecule has 0 aliphatic heterocycles. The van der Waals surface area contributed by atoms with E-state index >= 15 is 0 Å². The van der Waals surface area contributed by atoms with E-state index in [0.717, 1.165) is 10.9 Å². The molecule has 2 aromatic carbocycles. The number of pyridine rings is 1. The summed E-state index contributed by atoms with van der Waals surface area (Å²) in [4.78, 5) is 26.6. The van der Waals surface area contributed by atoms with Crippen LogP contribution in [0.25, 0.3) is 10.9 Å². The monoisotopic (exact) mass is 340 g/mol. The fourth-order valence-corrected chi connectivity index (χ4v) is 2.47. The molecular weight excluding hydrogens is 323 g/mol. The highest BCUT2D eigenvalue weighted by atomic mass is 19.1. The molecule has 0 saturated carbocycles. The standard InChI is InChI=1S/C19H17FN2O3/c20-15-5-3-6-16(11-15)25-12-18(23)21-9-8-14-10-13-4-1-2-7-17(13)22-19(14)24/h1-7,10-11H,8-9,12H2,(H,21,23)(H,22,24). The summed E-state index contributed by atoms with van der Waals surface area (Å²) in [5.74, 6) is -0.462. The first-order chi connectivity index (χ1) is 12.1. The number of carbonyl (C=O) groups is 1. The van der Waals surface area contributed by atoms with Crippen molar-refractivity contribution in [1.82, 2.24) is 10.3 Å². The summed E-state index contributed by atoms with van der Waals surface area (Å²) in [5.41, 5.74) is 1.22. The molecule has 0 unspecified atom stereocenters. The van der Waals surface area contributed by atoms with Gasteiger partial charge in [-0.3, -0.25) is 9.59 Å². The summed E-state index contributed by atoms with van der Waals surface area (Å²) >= 11 is 0. The topological polar surface area (TPSA) is 71.2 Å². The fraction of sp³-hybridized carbons (Fsp3) is 0.158. The largest absolute Gasteiger partial charge is 0.484 e. The zero-order valence-corrected chi connectivity index (χ0v) is 13.4. The Balaban J connectivity index is 1.51. The third kappa shape index (κ3) is 4.44. The SMILES string of the molecule is O=C(COc1cccc(F)c1)NCCc1cc2ccccc2[nH]c1=O. The first kappa shape index (κ1) is 16.7. The normalized spacial score (nSPS) is 10.6. The summed E-state index contributed by atoms with van der Waals surface area (Å²) in [6, 6.07) is 14.9. The number of amides is 1. The quantitative estimate of drug-likeness (QED) is 0.724. The minimum absolute atomic E-state index is 0.163. The molecule has 0 atom stereocenters. The van der Waals surface area contributed by atoms with Crippen LogP contribution in [0.2, 0.25) is 0 Å². The Morgan fingerprint density at radius 1 is 1.12 bits per heavy atom. The Labute approximate surface area is 143 Å². The first-order valence-corrected chi connectivity index (χ1v) is 7.88. The number of ether oxygens (including phenoxy) is 1. The van der Waals surface area contributed by atoms with Crippen LogP contribution in [-0.4, -0.2) is 24.0 Å². The molecule has 0 aliphatic carbocycles. The molecule has 25 heavy (non-hydrogen) atoms. The van der Waals surface area contributed by atoms with E-state index < -0.39 is 5.82 Å². The van der Waals surface area contributed by atoms with Crippen LogP contribution in [0.15, 0.2) is 59.4 Å². The molecule has 5 nitrogen and oxygen atoms in total. The van der Waals surface area contributed by atoms with Gasteiger partial charge in [-0.1, -0.05) is 24.3 Å². The third-order valence-electron chi connectivity index (χ3n) is 3.71. The number of hydrogen-bond donors (Lipinski definition) is 2. The molecule has 3 rings (SSSR count). The molecule has 0 aliphatic rings. The maximum Gasteiger partial charge on any atom is 0.257 e. The second kappa shape index (κ2) is 7.61. The number of para-hydroxylation sites is 1. The smallest absolute Gasteiger partial charge is 0.257 e. The lowest BCUT2D eigenvalue weighted by Crippen LogP contribution is -2.31. The van der Waals surface area contributed by atoms with E-state index in [4.69, 9.17) is 4.74 Å². The highest BCUT2D eigenvalue weighted by Crippen LogP contribution is 2.12. The van der Waals surface area contributed by atoms with Gasteiger partial charge in [-0.05, 0) is 36.1 Å². The van der Waals surface area contributed by atoms with E-state index in [2.05, 4.69) is 10.3 Å². The van der Waals surface area contributed by atoms with E-state index in [-0.39, 0.29) is 18.1 Å². The van der Waals surface area contributed by atoms with Crippen LogP contribution >= 0.6 is 0 Å². The molecule has 0 saturated heterocycles. The van der Waals surface area contributed by atoms with E-state index in [9.17, 15) is 14.0 Å². The molecule has 1 heterocycles. The molecule has 2 N–H and O–H groups in total. The molecule has 3 aromatic rings. The van der Waals surface area contributed by atoms with Crippen LogP contribution in [0.1, 0.15) is 5.56 Å². The van der Waals surface area contributed by atoms with Crippen molar-refractivity contribution in [3.8, 4) is 5.75 Å². The number of rotatable bonds is 6. The predicted molar refractivity (Wildman–Crippen MR) is 93.2 cm³/mol. The minimum atomic E-state index is -0.423. The summed E-state index contributed by atoms with van der Waals surface area (Å²) < 4.78 is 18.2. The number of H-pyrrole nitrogens is 1. The van der Waals surface area contributed by atoms with Gasteiger partial charge in [-0.15, -0.1) is 0 Å². The van der Waals surface area contributed by atoms with E-state index in [1.165, 1.54) is 18.2 Å². The van der Waals surface area contributed by atoms with Gasteiger partial charge in [0.2, 0.25) is 0 Å². The number of nitrogens with one attached hydrogen (secondary N) is 2. The average molecular weight is 340 g/mol. The molecule has 128 valence electrons. The predicted octanol–water partition coefficient (Wildman–Crippen LogP) is 2.40. The van der Waals surface area contributed by atoms with Crippen molar-refractivity contribution in [3.63, 3.8) is 0 Å². The van der Waals surface area contributed by atoms with Gasteiger partial charge >= 0.3 is 0 Å². The summed E-state index contributed by atoms with van der Waals surface area (Å²) in [7, 11) is 0. The van der Waals surface area contributed by atoms with Crippen LogP contribution in [0.4, 0.5) is 4.39 Å².